The SMILES string of the molecule is CC(C)c1c[c]cc(N2CCN(C(=O)c3ccoc3)C(c3ccccc3)C2)c1. The van der Waals surface area contributed by atoms with Gasteiger partial charge in [-0.3, -0.25) is 4.79 Å². The molecule has 1 fully saturated rings. The zero-order chi connectivity index (χ0) is 19.5. The minimum absolute atomic E-state index is 0.0138. The van der Waals surface area contributed by atoms with Crippen molar-refractivity contribution >= 4 is 11.6 Å². The van der Waals surface area contributed by atoms with Crippen LogP contribution in [0.2, 0.25) is 0 Å². The van der Waals surface area contributed by atoms with Gasteiger partial charge in [0.25, 0.3) is 5.91 Å². The van der Waals surface area contributed by atoms with Crippen molar-refractivity contribution in [2.75, 3.05) is 24.5 Å². The van der Waals surface area contributed by atoms with Gasteiger partial charge in [0, 0.05) is 25.3 Å². The Morgan fingerprint density at radius 2 is 1.96 bits per heavy atom. The number of hydrogen-bond acceptors (Lipinski definition) is 3. The van der Waals surface area contributed by atoms with Gasteiger partial charge in [0.2, 0.25) is 0 Å². The van der Waals surface area contributed by atoms with Gasteiger partial charge in [0.05, 0.1) is 17.9 Å². The van der Waals surface area contributed by atoms with Crippen molar-refractivity contribution in [3.63, 3.8) is 0 Å². The van der Waals surface area contributed by atoms with Crippen LogP contribution in [-0.4, -0.2) is 30.4 Å². The summed E-state index contributed by atoms with van der Waals surface area (Å²) < 4.78 is 5.13. The molecular formula is C24H25N2O2. The number of carbonyl (C=O) groups is 1. The second-order valence-corrected chi connectivity index (χ2v) is 7.56. The zero-order valence-electron chi connectivity index (χ0n) is 16.3. The Kier molecular flexibility index (Phi) is 5.20. The minimum atomic E-state index is -0.0138. The minimum Gasteiger partial charge on any atom is -0.472 e. The molecule has 1 amide bonds. The van der Waals surface area contributed by atoms with Crippen molar-refractivity contribution in [2.45, 2.75) is 25.8 Å². The standard InChI is InChI=1S/C24H25N2O2/c1-18(2)20-9-6-10-22(15-20)25-12-13-26(24(27)21-11-14-28-17-21)23(16-25)19-7-4-3-5-8-19/h3-5,7-11,14-15,17-18,23H,12-13,16H2,1-2H3. The predicted molar refractivity (Wildman–Crippen MR) is 111 cm³/mol. The lowest BCUT2D eigenvalue weighted by molar-refractivity contribution is 0.0654. The van der Waals surface area contributed by atoms with Crippen LogP contribution in [0.5, 0.6) is 0 Å². The number of nitrogens with zero attached hydrogens (tertiary/aromatic N) is 2. The third-order valence-electron chi connectivity index (χ3n) is 5.42. The summed E-state index contributed by atoms with van der Waals surface area (Å²) in [6.45, 7) is 6.60. The number of furan rings is 1. The molecule has 0 bridgehead atoms. The lowest BCUT2D eigenvalue weighted by Crippen LogP contribution is -2.50. The van der Waals surface area contributed by atoms with Gasteiger partial charge in [-0.25, -0.2) is 0 Å². The molecule has 4 rings (SSSR count). The second-order valence-electron chi connectivity index (χ2n) is 7.56. The van der Waals surface area contributed by atoms with Crippen molar-refractivity contribution in [3.05, 3.63) is 89.9 Å². The van der Waals surface area contributed by atoms with E-state index in [4.69, 9.17) is 4.42 Å². The van der Waals surface area contributed by atoms with Crippen LogP contribution in [0, 0.1) is 6.07 Å². The molecule has 1 atom stereocenters. The highest BCUT2D eigenvalue weighted by Crippen LogP contribution is 2.31. The van der Waals surface area contributed by atoms with Crippen molar-refractivity contribution in [1.29, 1.82) is 0 Å². The van der Waals surface area contributed by atoms with E-state index in [1.54, 1.807) is 12.3 Å². The van der Waals surface area contributed by atoms with E-state index in [-0.39, 0.29) is 11.9 Å². The number of amides is 1. The van der Waals surface area contributed by atoms with E-state index in [1.807, 2.05) is 29.2 Å². The Morgan fingerprint density at radius 1 is 1.14 bits per heavy atom. The summed E-state index contributed by atoms with van der Waals surface area (Å²) in [6, 6.07) is 21.6. The molecule has 4 nitrogen and oxygen atoms in total. The smallest absolute Gasteiger partial charge is 0.257 e. The third-order valence-corrected chi connectivity index (χ3v) is 5.42. The summed E-state index contributed by atoms with van der Waals surface area (Å²) in [7, 11) is 0. The molecule has 0 saturated carbocycles. The van der Waals surface area contributed by atoms with Crippen molar-refractivity contribution in [1.82, 2.24) is 4.90 Å². The number of piperazine rings is 1. The molecule has 2 aromatic carbocycles. The monoisotopic (exact) mass is 373 g/mol. The van der Waals surface area contributed by atoms with Crippen LogP contribution >= 0.6 is 0 Å². The highest BCUT2D eigenvalue weighted by molar-refractivity contribution is 5.94. The fourth-order valence-corrected chi connectivity index (χ4v) is 3.77. The molecule has 1 aromatic heterocycles. The highest BCUT2D eigenvalue weighted by atomic mass is 16.3. The molecule has 1 aliphatic rings. The number of anilines is 1. The Labute approximate surface area is 166 Å². The Hall–Kier alpha value is -3.01. The Bertz CT molecular complexity index is 919. The Balaban J connectivity index is 1.64. The van der Waals surface area contributed by atoms with Crippen LogP contribution in [0.3, 0.4) is 0 Å². The third kappa shape index (κ3) is 3.68. The quantitative estimate of drug-likeness (QED) is 0.652. The van der Waals surface area contributed by atoms with Crippen LogP contribution in [0.4, 0.5) is 5.69 Å². The summed E-state index contributed by atoms with van der Waals surface area (Å²) in [5, 5.41) is 0. The fourth-order valence-electron chi connectivity index (χ4n) is 3.77. The molecule has 1 saturated heterocycles. The lowest BCUT2D eigenvalue weighted by Gasteiger charge is -2.42. The molecular weight excluding hydrogens is 348 g/mol. The zero-order valence-corrected chi connectivity index (χ0v) is 16.3. The number of hydrogen-bond donors (Lipinski definition) is 0. The average Bonchev–Trinajstić information content (AvgIpc) is 3.28. The number of rotatable bonds is 4. The van der Waals surface area contributed by atoms with Crippen molar-refractivity contribution in [3.8, 4) is 0 Å². The molecule has 143 valence electrons. The molecule has 1 unspecified atom stereocenters. The van der Waals surface area contributed by atoms with E-state index in [2.05, 4.69) is 49.1 Å². The van der Waals surface area contributed by atoms with Crippen LogP contribution in [0.25, 0.3) is 0 Å². The topological polar surface area (TPSA) is 36.7 Å². The van der Waals surface area contributed by atoms with E-state index < -0.39 is 0 Å². The first-order valence-corrected chi connectivity index (χ1v) is 9.77. The first-order valence-electron chi connectivity index (χ1n) is 9.77. The molecule has 2 heterocycles. The number of carbonyl (C=O) groups excluding carboxylic acids is 1. The van der Waals surface area contributed by atoms with Gasteiger partial charge in [-0.15, -0.1) is 0 Å². The summed E-state index contributed by atoms with van der Waals surface area (Å²) >= 11 is 0. The van der Waals surface area contributed by atoms with Crippen LogP contribution in [0.1, 0.15) is 47.3 Å². The molecule has 0 aliphatic carbocycles. The summed E-state index contributed by atoms with van der Waals surface area (Å²) in [6.07, 6.45) is 3.08. The predicted octanol–water partition coefficient (Wildman–Crippen LogP) is 4.91. The van der Waals surface area contributed by atoms with E-state index in [1.165, 1.54) is 17.5 Å². The maximum atomic E-state index is 13.1. The summed E-state index contributed by atoms with van der Waals surface area (Å²) in [5.41, 5.74) is 4.20. The molecule has 28 heavy (non-hydrogen) atoms. The lowest BCUT2D eigenvalue weighted by atomic mass is 9.99. The number of benzene rings is 2. The van der Waals surface area contributed by atoms with Gasteiger partial charge in [-0.1, -0.05) is 50.2 Å². The van der Waals surface area contributed by atoms with Crippen LogP contribution in [0.15, 0.2) is 71.5 Å². The van der Waals surface area contributed by atoms with E-state index in [0.717, 1.165) is 18.7 Å². The van der Waals surface area contributed by atoms with Gasteiger partial charge < -0.3 is 14.2 Å². The molecule has 1 aliphatic heterocycles. The van der Waals surface area contributed by atoms with Gasteiger partial charge >= 0.3 is 0 Å². The van der Waals surface area contributed by atoms with Crippen molar-refractivity contribution < 1.29 is 9.21 Å². The van der Waals surface area contributed by atoms with Gasteiger partial charge in [-0.05, 0) is 41.3 Å². The maximum absolute atomic E-state index is 13.1. The molecule has 0 N–H and O–H groups in total. The first kappa shape index (κ1) is 18.4. The van der Waals surface area contributed by atoms with Crippen LogP contribution in [-0.2, 0) is 0 Å². The van der Waals surface area contributed by atoms with Crippen LogP contribution < -0.4 is 4.90 Å². The highest BCUT2D eigenvalue weighted by Gasteiger charge is 2.32. The van der Waals surface area contributed by atoms with Gasteiger partial charge in [0.15, 0.2) is 0 Å². The van der Waals surface area contributed by atoms with Crippen molar-refractivity contribution in [2.24, 2.45) is 0 Å². The van der Waals surface area contributed by atoms with E-state index in [9.17, 15) is 4.79 Å². The largest absolute Gasteiger partial charge is 0.472 e. The van der Waals surface area contributed by atoms with E-state index in [0.29, 0.717) is 18.0 Å². The first-order chi connectivity index (χ1) is 13.6. The normalized spacial score (nSPS) is 17.2. The summed E-state index contributed by atoms with van der Waals surface area (Å²) in [5.74, 6) is 0.481. The second kappa shape index (κ2) is 7.93. The van der Waals surface area contributed by atoms with E-state index >= 15 is 0 Å². The van der Waals surface area contributed by atoms with Gasteiger partial charge in [-0.2, -0.15) is 0 Å². The Morgan fingerprint density at radius 3 is 2.68 bits per heavy atom. The molecule has 3 aromatic rings. The fraction of sp³-hybridized carbons (Fsp3) is 0.292. The molecule has 4 heteroatoms. The molecule has 0 spiro atoms. The summed E-state index contributed by atoms with van der Waals surface area (Å²) in [4.78, 5) is 17.4. The maximum Gasteiger partial charge on any atom is 0.257 e. The average molecular weight is 373 g/mol. The molecule has 1 radical (unpaired) electrons. The van der Waals surface area contributed by atoms with Gasteiger partial charge in [0.1, 0.15) is 6.26 Å².